The number of carbonyl (C=O) groups is 1. The summed E-state index contributed by atoms with van der Waals surface area (Å²) in [6.45, 7) is 1.36. The SMILES string of the molecule is CN(CCCCc1ccccc1)C(=O)CNC1CC1. The number of nitrogens with one attached hydrogen (secondary N) is 1. The lowest BCUT2D eigenvalue weighted by atomic mass is 10.1. The van der Waals surface area contributed by atoms with E-state index >= 15 is 0 Å². The Morgan fingerprint density at radius 1 is 1.26 bits per heavy atom. The first-order chi connectivity index (χ1) is 9.25. The molecule has 0 saturated heterocycles. The highest BCUT2D eigenvalue weighted by Gasteiger charge is 2.21. The van der Waals surface area contributed by atoms with Gasteiger partial charge in [0.25, 0.3) is 0 Å². The van der Waals surface area contributed by atoms with E-state index in [4.69, 9.17) is 0 Å². The van der Waals surface area contributed by atoms with Gasteiger partial charge in [-0.25, -0.2) is 0 Å². The number of likely N-dealkylation sites (N-methyl/N-ethyl adjacent to an activating group) is 1. The summed E-state index contributed by atoms with van der Waals surface area (Å²) < 4.78 is 0. The smallest absolute Gasteiger partial charge is 0.236 e. The highest BCUT2D eigenvalue weighted by atomic mass is 16.2. The van der Waals surface area contributed by atoms with Crippen LogP contribution in [-0.4, -0.2) is 37.0 Å². The van der Waals surface area contributed by atoms with Crippen LogP contribution in [0.5, 0.6) is 0 Å². The van der Waals surface area contributed by atoms with Crippen molar-refractivity contribution in [2.24, 2.45) is 0 Å². The maximum absolute atomic E-state index is 11.8. The zero-order chi connectivity index (χ0) is 13.5. The number of unbranched alkanes of at least 4 members (excludes halogenated alkanes) is 1. The summed E-state index contributed by atoms with van der Waals surface area (Å²) in [6, 6.07) is 11.1. The molecule has 1 saturated carbocycles. The van der Waals surface area contributed by atoms with E-state index < -0.39 is 0 Å². The predicted octanol–water partition coefficient (Wildman–Crippen LogP) is 2.22. The molecular weight excluding hydrogens is 236 g/mol. The third kappa shape index (κ3) is 5.43. The van der Waals surface area contributed by atoms with Crippen LogP contribution in [-0.2, 0) is 11.2 Å². The summed E-state index contributed by atoms with van der Waals surface area (Å²) in [5, 5.41) is 3.26. The van der Waals surface area contributed by atoms with E-state index in [-0.39, 0.29) is 5.91 Å². The number of benzene rings is 1. The van der Waals surface area contributed by atoms with E-state index in [9.17, 15) is 4.79 Å². The molecule has 1 N–H and O–H groups in total. The molecule has 0 aliphatic heterocycles. The highest BCUT2D eigenvalue weighted by molar-refractivity contribution is 5.78. The van der Waals surface area contributed by atoms with Gasteiger partial charge in [0.15, 0.2) is 0 Å². The third-order valence-corrected chi connectivity index (χ3v) is 3.60. The molecule has 1 aromatic rings. The Bertz CT molecular complexity index is 387. The van der Waals surface area contributed by atoms with E-state index in [1.807, 2.05) is 18.0 Å². The number of amides is 1. The van der Waals surface area contributed by atoms with Gasteiger partial charge in [0.2, 0.25) is 5.91 Å². The van der Waals surface area contributed by atoms with Crippen LogP contribution in [0.2, 0.25) is 0 Å². The van der Waals surface area contributed by atoms with Crippen LogP contribution in [0, 0.1) is 0 Å². The fraction of sp³-hybridized carbons (Fsp3) is 0.562. The minimum Gasteiger partial charge on any atom is -0.345 e. The first-order valence-corrected chi connectivity index (χ1v) is 7.27. The van der Waals surface area contributed by atoms with E-state index in [1.54, 1.807) is 0 Å². The van der Waals surface area contributed by atoms with E-state index in [1.165, 1.54) is 18.4 Å². The van der Waals surface area contributed by atoms with Crippen molar-refractivity contribution in [3.8, 4) is 0 Å². The van der Waals surface area contributed by atoms with Gasteiger partial charge in [-0.15, -0.1) is 0 Å². The van der Waals surface area contributed by atoms with Crippen molar-refractivity contribution in [1.82, 2.24) is 10.2 Å². The summed E-state index contributed by atoms with van der Waals surface area (Å²) in [4.78, 5) is 13.7. The maximum Gasteiger partial charge on any atom is 0.236 e. The number of hydrogen-bond acceptors (Lipinski definition) is 2. The Hall–Kier alpha value is -1.35. The van der Waals surface area contributed by atoms with Gasteiger partial charge in [0.05, 0.1) is 6.54 Å². The average Bonchev–Trinajstić information content (AvgIpc) is 3.26. The second kappa shape index (κ2) is 7.29. The molecule has 0 atom stereocenters. The Labute approximate surface area is 116 Å². The molecule has 104 valence electrons. The Morgan fingerprint density at radius 2 is 2.00 bits per heavy atom. The molecule has 0 heterocycles. The molecule has 1 aliphatic carbocycles. The summed E-state index contributed by atoms with van der Waals surface area (Å²) in [5.41, 5.74) is 1.38. The Morgan fingerprint density at radius 3 is 2.68 bits per heavy atom. The molecule has 1 aliphatic rings. The lowest BCUT2D eigenvalue weighted by Gasteiger charge is -2.17. The van der Waals surface area contributed by atoms with E-state index in [0.29, 0.717) is 12.6 Å². The highest BCUT2D eigenvalue weighted by Crippen LogP contribution is 2.18. The van der Waals surface area contributed by atoms with Crippen molar-refractivity contribution in [2.45, 2.75) is 38.1 Å². The molecular formula is C16H24N2O. The topological polar surface area (TPSA) is 32.3 Å². The molecule has 0 aromatic heterocycles. The molecule has 3 nitrogen and oxygen atoms in total. The monoisotopic (exact) mass is 260 g/mol. The van der Waals surface area contributed by atoms with Crippen LogP contribution in [0.4, 0.5) is 0 Å². The standard InChI is InChI=1S/C16H24N2O/c1-18(16(19)13-17-15-10-11-15)12-6-5-9-14-7-3-2-4-8-14/h2-4,7-8,15,17H,5-6,9-13H2,1H3. The zero-order valence-corrected chi connectivity index (χ0v) is 11.8. The summed E-state index contributed by atoms with van der Waals surface area (Å²) in [7, 11) is 1.90. The second-order valence-electron chi connectivity index (χ2n) is 5.41. The molecule has 0 spiro atoms. The van der Waals surface area contributed by atoms with Gasteiger partial charge in [0, 0.05) is 19.6 Å². The van der Waals surface area contributed by atoms with E-state index in [0.717, 1.165) is 25.8 Å². The predicted molar refractivity (Wildman–Crippen MR) is 78.0 cm³/mol. The van der Waals surface area contributed by atoms with Crippen molar-refractivity contribution in [3.63, 3.8) is 0 Å². The molecule has 3 heteroatoms. The third-order valence-electron chi connectivity index (χ3n) is 3.60. The number of carbonyl (C=O) groups excluding carboxylic acids is 1. The van der Waals surface area contributed by atoms with Crippen molar-refractivity contribution < 1.29 is 4.79 Å². The molecule has 2 rings (SSSR count). The molecule has 0 unspecified atom stereocenters. The van der Waals surface area contributed by atoms with Gasteiger partial charge in [-0.3, -0.25) is 4.79 Å². The van der Waals surface area contributed by atoms with Crippen molar-refractivity contribution >= 4 is 5.91 Å². The molecule has 0 bridgehead atoms. The summed E-state index contributed by atoms with van der Waals surface area (Å²) in [6.07, 6.45) is 5.77. The van der Waals surface area contributed by atoms with Gasteiger partial charge in [-0.1, -0.05) is 30.3 Å². The van der Waals surface area contributed by atoms with Gasteiger partial charge >= 0.3 is 0 Å². The number of nitrogens with zero attached hydrogens (tertiary/aromatic N) is 1. The molecule has 0 radical (unpaired) electrons. The minimum absolute atomic E-state index is 0.214. The van der Waals surface area contributed by atoms with Crippen LogP contribution < -0.4 is 5.32 Å². The van der Waals surface area contributed by atoms with E-state index in [2.05, 4.69) is 29.6 Å². The summed E-state index contributed by atoms with van der Waals surface area (Å²) in [5.74, 6) is 0.214. The largest absolute Gasteiger partial charge is 0.345 e. The molecule has 1 amide bonds. The molecule has 1 aromatic carbocycles. The lowest BCUT2D eigenvalue weighted by Crippen LogP contribution is -2.36. The number of hydrogen-bond donors (Lipinski definition) is 1. The van der Waals surface area contributed by atoms with Gasteiger partial charge in [-0.05, 0) is 37.7 Å². The van der Waals surface area contributed by atoms with Crippen molar-refractivity contribution in [3.05, 3.63) is 35.9 Å². The summed E-state index contributed by atoms with van der Waals surface area (Å²) >= 11 is 0. The van der Waals surface area contributed by atoms with Gasteiger partial charge < -0.3 is 10.2 Å². The fourth-order valence-electron chi connectivity index (χ4n) is 2.10. The van der Waals surface area contributed by atoms with Gasteiger partial charge in [0.1, 0.15) is 0 Å². The lowest BCUT2D eigenvalue weighted by molar-refractivity contribution is -0.129. The number of rotatable bonds is 8. The Kier molecular flexibility index (Phi) is 5.40. The fourth-order valence-corrected chi connectivity index (χ4v) is 2.10. The maximum atomic E-state index is 11.8. The van der Waals surface area contributed by atoms with Crippen LogP contribution in [0.3, 0.4) is 0 Å². The van der Waals surface area contributed by atoms with Crippen LogP contribution in [0.15, 0.2) is 30.3 Å². The zero-order valence-electron chi connectivity index (χ0n) is 11.8. The normalized spacial score (nSPS) is 14.4. The van der Waals surface area contributed by atoms with Crippen LogP contribution >= 0.6 is 0 Å². The van der Waals surface area contributed by atoms with Crippen molar-refractivity contribution in [1.29, 1.82) is 0 Å². The van der Waals surface area contributed by atoms with Crippen LogP contribution in [0.25, 0.3) is 0 Å². The van der Waals surface area contributed by atoms with Crippen LogP contribution in [0.1, 0.15) is 31.2 Å². The average molecular weight is 260 g/mol. The molecule has 1 fully saturated rings. The van der Waals surface area contributed by atoms with Crippen molar-refractivity contribution in [2.75, 3.05) is 20.1 Å². The second-order valence-corrected chi connectivity index (χ2v) is 5.41. The first-order valence-electron chi connectivity index (χ1n) is 7.27. The van der Waals surface area contributed by atoms with Gasteiger partial charge in [-0.2, -0.15) is 0 Å². The quantitative estimate of drug-likeness (QED) is 0.727. The molecule has 19 heavy (non-hydrogen) atoms. The minimum atomic E-state index is 0.214. The first kappa shape index (κ1) is 14.1. The Balaban J connectivity index is 1.55. The number of aryl methyl sites for hydroxylation is 1.